The van der Waals surface area contributed by atoms with Gasteiger partial charge in [0.15, 0.2) is 0 Å². The van der Waals surface area contributed by atoms with Crippen LogP contribution in [0.25, 0.3) is 0 Å². The van der Waals surface area contributed by atoms with Crippen LogP contribution >= 0.6 is 45.3 Å². The molecule has 0 spiro atoms. The van der Waals surface area contributed by atoms with E-state index in [1.165, 1.54) is 32.4 Å². The van der Waals surface area contributed by atoms with Crippen molar-refractivity contribution < 1.29 is 9.59 Å². The molecule has 0 aromatic carbocycles. The zero-order valence-corrected chi connectivity index (χ0v) is 22.9. The molecule has 0 saturated heterocycles. The van der Waals surface area contributed by atoms with E-state index in [0.717, 1.165) is 54.9 Å². The predicted molar refractivity (Wildman–Crippen MR) is 150 cm³/mol. The van der Waals surface area contributed by atoms with Gasteiger partial charge in [0.05, 0.1) is 22.8 Å². The van der Waals surface area contributed by atoms with Crippen LogP contribution in [0.1, 0.15) is 61.2 Å². The summed E-state index contributed by atoms with van der Waals surface area (Å²) < 4.78 is 0. The van der Waals surface area contributed by atoms with Crippen molar-refractivity contribution in [1.82, 2.24) is 9.80 Å². The molecule has 0 fully saturated rings. The van der Waals surface area contributed by atoms with E-state index in [4.69, 9.17) is 0 Å². The highest BCUT2D eigenvalue weighted by atomic mass is 32.1. The summed E-state index contributed by atoms with van der Waals surface area (Å²) in [5, 5.41) is 8.05. The molecular formula is C27H30N2O2S4. The Hall–Kier alpha value is -2.26. The molecule has 2 amide bonds. The second-order valence-electron chi connectivity index (χ2n) is 8.33. The first kappa shape index (κ1) is 25.8. The smallest absolute Gasteiger partial charge is 0.264 e. The van der Waals surface area contributed by atoms with Crippen LogP contribution in [0.4, 0.5) is 0 Å². The van der Waals surface area contributed by atoms with E-state index in [2.05, 4.69) is 22.9 Å². The standard InChI is InChI=1S/C27H30N2O2S4/c30-26(24-12-8-18-34-24)28(20-22-10-6-16-32-22)14-4-2-1-3-5-15-29(21-23-11-7-17-33-23)27(31)25-13-9-19-35-25/h6-13,16-19H,1-5,14-15,20-21H2. The lowest BCUT2D eigenvalue weighted by atomic mass is 10.1. The van der Waals surface area contributed by atoms with E-state index < -0.39 is 0 Å². The van der Waals surface area contributed by atoms with Crippen molar-refractivity contribution in [1.29, 1.82) is 0 Å². The molecule has 0 aliphatic rings. The summed E-state index contributed by atoms with van der Waals surface area (Å²) in [6, 6.07) is 16.0. The average molecular weight is 543 g/mol. The second kappa shape index (κ2) is 13.7. The van der Waals surface area contributed by atoms with E-state index >= 15 is 0 Å². The zero-order valence-electron chi connectivity index (χ0n) is 19.6. The third kappa shape index (κ3) is 7.87. The van der Waals surface area contributed by atoms with Gasteiger partial charge < -0.3 is 9.80 Å². The average Bonchev–Trinajstić information content (AvgIpc) is 3.69. The molecule has 0 saturated carbocycles. The van der Waals surface area contributed by atoms with E-state index in [-0.39, 0.29) is 11.8 Å². The van der Waals surface area contributed by atoms with E-state index in [1.807, 2.05) is 57.0 Å². The zero-order chi connectivity index (χ0) is 24.3. The fraction of sp³-hybridized carbons (Fsp3) is 0.333. The monoisotopic (exact) mass is 542 g/mol. The number of unbranched alkanes of at least 4 members (excludes halogenated alkanes) is 4. The molecule has 4 nitrogen and oxygen atoms in total. The topological polar surface area (TPSA) is 40.6 Å². The van der Waals surface area contributed by atoms with E-state index in [1.54, 1.807) is 22.7 Å². The van der Waals surface area contributed by atoms with E-state index in [0.29, 0.717) is 13.1 Å². The summed E-state index contributed by atoms with van der Waals surface area (Å²) in [5.74, 6) is 0.259. The number of hydrogen-bond donors (Lipinski definition) is 0. The van der Waals surface area contributed by atoms with Gasteiger partial charge in [-0.15, -0.1) is 45.3 Å². The highest BCUT2D eigenvalue weighted by molar-refractivity contribution is 7.12. The highest BCUT2D eigenvalue weighted by Crippen LogP contribution is 2.20. The Morgan fingerprint density at radius 3 is 1.31 bits per heavy atom. The Bertz CT molecular complexity index is 1030. The molecule has 0 aliphatic heterocycles. The number of hydrogen-bond acceptors (Lipinski definition) is 6. The van der Waals surface area contributed by atoms with Gasteiger partial charge in [0.1, 0.15) is 0 Å². The van der Waals surface area contributed by atoms with Crippen LogP contribution in [-0.2, 0) is 13.1 Å². The van der Waals surface area contributed by atoms with Crippen LogP contribution < -0.4 is 0 Å². The Labute approximate surface area is 223 Å². The lowest BCUT2D eigenvalue weighted by Gasteiger charge is -2.22. The van der Waals surface area contributed by atoms with Crippen LogP contribution in [0.2, 0.25) is 0 Å². The molecule has 35 heavy (non-hydrogen) atoms. The summed E-state index contributed by atoms with van der Waals surface area (Å²) in [6.45, 7) is 2.90. The molecule has 0 radical (unpaired) electrons. The molecule has 0 aliphatic carbocycles. The molecular weight excluding hydrogens is 513 g/mol. The normalized spacial score (nSPS) is 11.0. The Morgan fingerprint density at radius 2 is 0.943 bits per heavy atom. The van der Waals surface area contributed by atoms with Crippen molar-refractivity contribution >= 4 is 57.2 Å². The van der Waals surface area contributed by atoms with E-state index in [9.17, 15) is 9.59 Å². The second-order valence-corrected chi connectivity index (χ2v) is 12.3. The first-order valence-corrected chi connectivity index (χ1v) is 15.4. The molecule has 184 valence electrons. The molecule has 4 heterocycles. The highest BCUT2D eigenvalue weighted by Gasteiger charge is 2.18. The maximum absolute atomic E-state index is 13.0. The number of rotatable bonds is 14. The minimum absolute atomic E-state index is 0.129. The molecule has 0 N–H and O–H groups in total. The maximum atomic E-state index is 13.0. The SMILES string of the molecule is O=C(c1cccs1)N(CCCCCCCN(Cc1cccs1)C(=O)c1cccs1)Cc1cccs1. The van der Waals surface area contributed by atoms with Crippen LogP contribution in [0.5, 0.6) is 0 Å². The molecule has 4 rings (SSSR count). The molecule has 4 aromatic heterocycles. The van der Waals surface area contributed by atoms with Gasteiger partial charge in [0, 0.05) is 22.8 Å². The minimum Gasteiger partial charge on any atom is -0.333 e. The van der Waals surface area contributed by atoms with Crippen molar-refractivity contribution in [3.63, 3.8) is 0 Å². The van der Waals surface area contributed by atoms with Crippen molar-refractivity contribution in [3.05, 3.63) is 89.6 Å². The Kier molecular flexibility index (Phi) is 10.1. The number of amides is 2. The number of nitrogens with zero attached hydrogens (tertiary/aromatic N) is 2. The van der Waals surface area contributed by atoms with Crippen LogP contribution in [0.15, 0.2) is 70.1 Å². The summed E-state index contributed by atoms with van der Waals surface area (Å²) >= 11 is 6.42. The first-order chi connectivity index (χ1) is 17.2. The molecule has 0 atom stereocenters. The minimum atomic E-state index is 0.129. The van der Waals surface area contributed by atoms with Gasteiger partial charge in [-0.25, -0.2) is 0 Å². The van der Waals surface area contributed by atoms with Crippen molar-refractivity contribution in [2.75, 3.05) is 13.1 Å². The van der Waals surface area contributed by atoms with Gasteiger partial charge in [-0.05, 0) is 58.6 Å². The van der Waals surface area contributed by atoms with Gasteiger partial charge in [0.2, 0.25) is 0 Å². The Morgan fingerprint density at radius 1 is 0.543 bits per heavy atom. The summed E-state index contributed by atoms with van der Waals surface area (Å²) in [5.41, 5.74) is 0. The number of thiophene rings is 4. The third-order valence-corrected chi connectivity index (χ3v) is 9.19. The fourth-order valence-electron chi connectivity index (χ4n) is 3.93. The van der Waals surface area contributed by atoms with Gasteiger partial charge in [0.25, 0.3) is 11.8 Å². The van der Waals surface area contributed by atoms with Crippen molar-refractivity contribution in [2.45, 2.75) is 45.2 Å². The molecule has 8 heteroatoms. The predicted octanol–water partition coefficient (Wildman–Crippen LogP) is 7.87. The van der Waals surface area contributed by atoms with Crippen LogP contribution in [-0.4, -0.2) is 34.7 Å². The van der Waals surface area contributed by atoms with Crippen molar-refractivity contribution in [3.8, 4) is 0 Å². The van der Waals surface area contributed by atoms with Crippen LogP contribution in [0, 0.1) is 0 Å². The van der Waals surface area contributed by atoms with Gasteiger partial charge >= 0.3 is 0 Å². The van der Waals surface area contributed by atoms with Gasteiger partial charge in [-0.3, -0.25) is 9.59 Å². The Balaban J connectivity index is 1.21. The largest absolute Gasteiger partial charge is 0.333 e. The van der Waals surface area contributed by atoms with Crippen molar-refractivity contribution in [2.24, 2.45) is 0 Å². The summed E-state index contributed by atoms with van der Waals surface area (Å²) in [7, 11) is 0. The summed E-state index contributed by atoms with van der Waals surface area (Å²) in [6.07, 6.45) is 5.27. The first-order valence-electron chi connectivity index (χ1n) is 11.9. The van der Waals surface area contributed by atoms with Crippen LogP contribution in [0.3, 0.4) is 0 Å². The lowest BCUT2D eigenvalue weighted by molar-refractivity contribution is 0.0742. The molecule has 0 unspecified atom stereocenters. The molecule has 4 aromatic rings. The third-order valence-electron chi connectivity index (χ3n) is 5.75. The molecule has 0 bridgehead atoms. The quantitative estimate of drug-likeness (QED) is 0.152. The van der Waals surface area contributed by atoms with Gasteiger partial charge in [-0.1, -0.05) is 43.5 Å². The summed E-state index contributed by atoms with van der Waals surface area (Å²) in [4.78, 5) is 34.0. The number of carbonyl (C=O) groups is 2. The lowest BCUT2D eigenvalue weighted by Crippen LogP contribution is -2.31. The number of carbonyl (C=O) groups excluding carboxylic acids is 2. The maximum Gasteiger partial charge on any atom is 0.264 e. The fourth-order valence-corrected chi connectivity index (χ4v) is 6.75. The van der Waals surface area contributed by atoms with Gasteiger partial charge in [-0.2, -0.15) is 0 Å².